The van der Waals surface area contributed by atoms with Crippen molar-refractivity contribution in [1.82, 2.24) is 0 Å². The molecule has 0 radical (unpaired) electrons. The quantitative estimate of drug-likeness (QED) is 0.601. The van der Waals surface area contributed by atoms with Crippen molar-refractivity contribution in [3.8, 4) is 0 Å². The monoisotopic (exact) mass is 383 g/mol. The fourth-order valence-electron chi connectivity index (χ4n) is 2.41. The first-order valence-corrected chi connectivity index (χ1v) is 7.92. The predicted octanol–water partition coefficient (Wildman–Crippen LogP) is 5.86. The molecule has 1 unspecified atom stereocenters. The lowest BCUT2D eigenvalue weighted by atomic mass is 10.0. The third kappa shape index (κ3) is 2.59. The summed E-state index contributed by atoms with van der Waals surface area (Å²) in [6.45, 7) is 1.99. The highest BCUT2D eigenvalue weighted by Gasteiger charge is 2.21. The van der Waals surface area contributed by atoms with Gasteiger partial charge < -0.3 is 10.2 Å². The van der Waals surface area contributed by atoms with Gasteiger partial charge in [-0.1, -0.05) is 51.3 Å². The van der Waals surface area contributed by atoms with E-state index in [1.54, 1.807) is 6.07 Å². The Kier molecular flexibility index (Phi) is 4.02. The maximum absolute atomic E-state index is 6.34. The maximum atomic E-state index is 6.34. The summed E-state index contributed by atoms with van der Waals surface area (Å²) in [4.78, 5) is 0. The van der Waals surface area contributed by atoms with Gasteiger partial charge >= 0.3 is 0 Å². The number of aryl methyl sites for hydroxylation is 1. The van der Waals surface area contributed by atoms with Gasteiger partial charge in [-0.05, 0) is 36.8 Å². The van der Waals surface area contributed by atoms with Crippen molar-refractivity contribution in [3.05, 3.63) is 67.8 Å². The molecule has 3 aromatic rings. The highest BCUT2D eigenvalue weighted by Crippen LogP contribution is 2.36. The molecule has 1 atom stereocenters. The van der Waals surface area contributed by atoms with E-state index in [2.05, 4.69) is 15.9 Å². The fourth-order valence-corrected chi connectivity index (χ4v) is 3.20. The van der Waals surface area contributed by atoms with Crippen molar-refractivity contribution >= 4 is 50.1 Å². The second kappa shape index (κ2) is 5.65. The minimum atomic E-state index is -0.456. The maximum Gasteiger partial charge on any atom is 0.134 e. The van der Waals surface area contributed by atoms with E-state index >= 15 is 0 Å². The summed E-state index contributed by atoms with van der Waals surface area (Å²) in [5.74, 6) is 0.701. The van der Waals surface area contributed by atoms with Crippen molar-refractivity contribution in [2.24, 2.45) is 5.73 Å². The topological polar surface area (TPSA) is 39.2 Å². The first-order valence-electron chi connectivity index (χ1n) is 6.37. The number of nitrogens with two attached hydrogens (primary N) is 1. The van der Waals surface area contributed by atoms with Crippen molar-refractivity contribution < 1.29 is 4.42 Å². The fraction of sp³-hybridized carbons (Fsp3) is 0.125. The zero-order chi connectivity index (χ0) is 15.1. The number of hydrogen-bond donors (Lipinski definition) is 1. The highest BCUT2D eigenvalue weighted by molar-refractivity contribution is 9.10. The van der Waals surface area contributed by atoms with Crippen LogP contribution in [0.1, 0.15) is 22.9 Å². The van der Waals surface area contributed by atoms with E-state index in [-0.39, 0.29) is 0 Å². The summed E-state index contributed by atoms with van der Waals surface area (Å²) < 4.78 is 6.92. The van der Waals surface area contributed by atoms with E-state index in [4.69, 9.17) is 33.4 Å². The molecule has 0 saturated heterocycles. The summed E-state index contributed by atoms with van der Waals surface area (Å²) in [6, 6.07) is 10.9. The average molecular weight is 385 g/mol. The van der Waals surface area contributed by atoms with E-state index in [1.165, 1.54) is 0 Å². The molecule has 0 amide bonds. The first-order chi connectivity index (χ1) is 9.99. The molecule has 1 heterocycles. The Morgan fingerprint density at radius 3 is 2.71 bits per heavy atom. The van der Waals surface area contributed by atoms with Gasteiger partial charge in [-0.2, -0.15) is 0 Å². The van der Waals surface area contributed by atoms with Gasteiger partial charge in [0.05, 0.1) is 16.1 Å². The smallest absolute Gasteiger partial charge is 0.134 e. The lowest BCUT2D eigenvalue weighted by Gasteiger charge is -2.13. The molecule has 5 heteroatoms. The molecule has 0 spiro atoms. The van der Waals surface area contributed by atoms with Crippen LogP contribution in [0.25, 0.3) is 11.0 Å². The van der Waals surface area contributed by atoms with Crippen molar-refractivity contribution in [2.75, 3.05) is 0 Å². The van der Waals surface area contributed by atoms with Crippen LogP contribution in [0.2, 0.25) is 10.0 Å². The number of hydrogen-bond acceptors (Lipinski definition) is 2. The number of halogens is 3. The number of benzene rings is 2. The van der Waals surface area contributed by atoms with Crippen LogP contribution in [-0.2, 0) is 0 Å². The molecule has 3 rings (SSSR count). The van der Waals surface area contributed by atoms with Crippen LogP contribution in [0.15, 0.2) is 45.3 Å². The molecule has 0 bridgehead atoms. The molecule has 0 aliphatic carbocycles. The zero-order valence-electron chi connectivity index (χ0n) is 11.2. The second-order valence-electron chi connectivity index (χ2n) is 4.85. The predicted molar refractivity (Wildman–Crippen MR) is 91.1 cm³/mol. The summed E-state index contributed by atoms with van der Waals surface area (Å²) in [5, 5.41) is 1.99. The normalized spacial score (nSPS) is 12.8. The van der Waals surface area contributed by atoms with Gasteiger partial charge in [0, 0.05) is 15.4 Å². The molecular formula is C16H12BrCl2NO. The third-order valence-corrected chi connectivity index (χ3v) is 4.86. The standard InChI is InChI=1S/C16H12BrCl2NO/c1-8-11-7-9(17)5-6-13(11)21-16(8)15(20)10-3-2-4-12(18)14(10)19/h2-7,15H,20H2,1H3. The number of rotatable bonds is 2. The van der Waals surface area contributed by atoms with Crippen LogP contribution in [0.3, 0.4) is 0 Å². The van der Waals surface area contributed by atoms with Crippen molar-refractivity contribution in [2.45, 2.75) is 13.0 Å². The second-order valence-corrected chi connectivity index (χ2v) is 6.55. The largest absolute Gasteiger partial charge is 0.459 e. The summed E-state index contributed by atoms with van der Waals surface area (Å²) >= 11 is 15.8. The molecule has 0 aliphatic rings. The minimum absolute atomic E-state index is 0.456. The van der Waals surface area contributed by atoms with E-state index in [9.17, 15) is 0 Å². The summed E-state index contributed by atoms with van der Waals surface area (Å²) in [6.07, 6.45) is 0. The van der Waals surface area contributed by atoms with E-state index in [1.807, 2.05) is 37.3 Å². The molecular weight excluding hydrogens is 373 g/mol. The van der Waals surface area contributed by atoms with E-state index < -0.39 is 6.04 Å². The van der Waals surface area contributed by atoms with E-state index in [0.717, 1.165) is 26.6 Å². The van der Waals surface area contributed by atoms with Gasteiger partial charge in [-0.25, -0.2) is 0 Å². The average Bonchev–Trinajstić information content (AvgIpc) is 2.78. The van der Waals surface area contributed by atoms with Crippen molar-refractivity contribution in [3.63, 3.8) is 0 Å². The number of fused-ring (bicyclic) bond motifs is 1. The molecule has 2 nitrogen and oxygen atoms in total. The molecule has 108 valence electrons. The SMILES string of the molecule is Cc1c(C(N)c2cccc(Cl)c2Cl)oc2ccc(Br)cc12. The molecule has 1 aromatic heterocycles. The Morgan fingerprint density at radius 1 is 1.19 bits per heavy atom. The molecule has 21 heavy (non-hydrogen) atoms. The van der Waals surface area contributed by atoms with Crippen LogP contribution in [0, 0.1) is 6.92 Å². The van der Waals surface area contributed by atoms with Crippen LogP contribution >= 0.6 is 39.1 Å². The Morgan fingerprint density at radius 2 is 1.95 bits per heavy atom. The first kappa shape index (κ1) is 14.9. The Hall–Kier alpha value is -1.00. The third-order valence-electron chi connectivity index (χ3n) is 3.53. The van der Waals surface area contributed by atoms with Crippen LogP contribution < -0.4 is 5.73 Å². The van der Waals surface area contributed by atoms with Crippen molar-refractivity contribution in [1.29, 1.82) is 0 Å². The lowest BCUT2D eigenvalue weighted by molar-refractivity contribution is 0.521. The lowest BCUT2D eigenvalue weighted by Crippen LogP contribution is -2.12. The Labute approximate surface area is 141 Å². The highest BCUT2D eigenvalue weighted by atomic mass is 79.9. The summed E-state index contributed by atoms with van der Waals surface area (Å²) in [7, 11) is 0. The van der Waals surface area contributed by atoms with Crippen LogP contribution in [0.4, 0.5) is 0 Å². The minimum Gasteiger partial charge on any atom is -0.459 e. The molecule has 0 aliphatic heterocycles. The Balaban J connectivity index is 2.15. The van der Waals surface area contributed by atoms with Gasteiger partial charge in [0.2, 0.25) is 0 Å². The van der Waals surface area contributed by atoms with E-state index in [0.29, 0.717) is 15.8 Å². The van der Waals surface area contributed by atoms with Gasteiger partial charge in [-0.3, -0.25) is 0 Å². The number of furan rings is 1. The van der Waals surface area contributed by atoms with Gasteiger partial charge in [0.15, 0.2) is 0 Å². The molecule has 0 saturated carbocycles. The van der Waals surface area contributed by atoms with Gasteiger partial charge in [0.25, 0.3) is 0 Å². The zero-order valence-corrected chi connectivity index (χ0v) is 14.3. The molecule has 0 fully saturated rings. The molecule has 2 aromatic carbocycles. The Bertz CT molecular complexity index is 829. The summed E-state index contributed by atoms with van der Waals surface area (Å²) in [5.41, 5.74) is 8.91. The van der Waals surface area contributed by atoms with Gasteiger partial charge in [-0.15, -0.1) is 0 Å². The van der Waals surface area contributed by atoms with Crippen LogP contribution in [-0.4, -0.2) is 0 Å². The van der Waals surface area contributed by atoms with Gasteiger partial charge in [0.1, 0.15) is 11.3 Å². The molecule has 2 N–H and O–H groups in total. The van der Waals surface area contributed by atoms with Crippen LogP contribution in [0.5, 0.6) is 0 Å².